The van der Waals surface area contributed by atoms with Crippen molar-refractivity contribution in [2.75, 3.05) is 6.54 Å². The third-order valence-corrected chi connectivity index (χ3v) is 2.51. The van der Waals surface area contributed by atoms with Gasteiger partial charge in [-0.1, -0.05) is 0 Å². The Balaban J connectivity index is 3.15. The van der Waals surface area contributed by atoms with Gasteiger partial charge in [0, 0.05) is 6.07 Å². The maximum absolute atomic E-state index is 13.0. The van der Waals surface area contributed by atoms with Crippen LogP contribution in [0.2, 0.25) is 0 Å². The molecule has 0 fully saturated rings. The van der Waals surface area contributed by atoms with Crippen LogP contribution in [0.25, 0.3) is 0 Å². The molecular weight excluding hydrogens is 273 g/mol. The van der Waals surface area contributed by atoms with Gasteiger partial charge in [0.1, 0.15) is 17.2 Å². The van der Waals surface area contributed by atoms with Crippen LogP contribution in [0.3, 0.4) is 0 Å². The Bertz CT molecular complexity index is 468. The summed E-state index contributed by atoms with van der Waals surface area (Å²) < 4.78 is 62.4. The summed E-state index contributed by atoms with van der Waals surface area (Å²) in [4.78, 5) is 11.1. The highest BCUT2D eigenvalue weighted by atomic mass is 19.4. The van der Waals surface area contributed by atoms with E-state index in [2.05, 4.69) is 0 Å². The van der Waals surface area contributed by atoms with E-state index < -0.39 is 41.4 Å². The van der Waals surface area contributed by atoms with Gasteiger partial charge in [-0.05, 0) is 24.6 Å². The fraction of sp³-hybridized carbons (Fsp3) is 0.364. The van der Waals surface area contributed by atoms with Crippen molar-refractivity contribution in [3.05, 3.63) is 35.4 Å². The second-order valence-electron chi connectivity index (χ2n) is 4.06. The van der Waals surface area contributed by atoms with Gasteiger partial charge in [0.25, 0.3) is 0 Å². The average molecular weight is 283 g/mol. The predicted octanol–water partition coefficient (Wildman–Crippen LogP) is 2.42. The molecule has 19 heavy (non-hydrogen) atoms. The molecule has 1 aromatic rings. The first kappa shape index (κ1) is 15.4. The fourth-order valence-electron chi connectivity index (χ4n) is 1.42. The topological polar surface area (TPSA) is 49.3 Å². The number of halogens is 5. The largest absolute Gasteiger partial charge is 0.480 e. The lowest BCUT2D eigenvalue weighted by Gasteiger charge is -2.27. The summed E-state index contributed by atoms with van der Waals surface area (Å²) in [5.74, 6) is -3.82. The molecule has 8 heteroatoms. The Morgan fingerprint density at radius 1 is 1.21 bits per heavy atom. The highest BCUT2D eigenvalue weighted by Crippen LogP contribution is 2.25. The minimum absolute atomic E-state index is 0.443. The Kier molecular flexibility index (Phi) is 4.14. The van der Waals surface area contributed by atoms with Gasteiger partial charge in [0.05, 0.1) is 6.54 Å². The predicted molar refractivity (Wildman–Crippen MR) is 55.4 cm³/mol. The van der Waals surface area contributed by atoms with Crippen LogP contribution in [0.1, 0.15) is 12.5 Å². The third kappa shape index (κ3) is 3.88. The van der Waals surface area contributed by atoms with Crippen molar-refractivity contribution in [2.45, 2.75) is 18.6 Å². The molecule has 0 bridgehead atoms. The number of carbonyl (C=O) groups is 1. The number of hydrogen-bond acceptors (Lipinski definition) is 2. The molecule has 0 radical (unpaired) electrons. The molecule has 0 amide bonds. The highest BCUT2D eigenvalue weighted by Gasteiger charge is 2.39. The molecule has 0 aliphatic carbocycles. The fourth-order valence-corrected chi connectivity index (χ4v) is 1.42. The molecule has 0 spiro atoms. The number of aliphatic carboxylic acids is 1. The van der Waals surface area contributed by atoms with Crippen LogP contribution < -0.4 is 5.32 Å². The molecule has 1 unspecified atom stereocenters. The summed E-state index contributed by atoms with van der Waals surface area (Å²) in [5, 5.41) is 10.7. The Morgan fingerprint density at radius 3 is 2.05 bits per heavy atom. The van der Waals surface area contributed by atoms with Crippen molar-refractivity contribution in [1.82, 2.24) is 5.32 Å². The number of rotatable bonds is 4. The minimum atomic E-state index is -4.65. The standard InChI is InChI=1S/C11H10F5NO2/c1-10(9(18)19,17-5-11(14,15)16)6-2-7(12)4-8(13)3-6/h2-4,17H,5H2,1H3,(H,18,19). The zero-order valence-electron chi connectivity index (χ0n) is 9.68. The molecule has 0 aliphatic heterocycles. The number of hydrogen-bond donors (Lipinski definition) is 2. The zero-order chi connectivity index (χ0) is 14.8. The van der Waals surface area contributed by atoms with Crippen LogP contribution in [0.4, 0.5) is 22.0 Å². The van der Waals surface area contributed by atoms with Gasteiger partial charge in [-0.2, -0.15) is 13.2 Å². The molecule has 1 rings (SSSR count). The van der Waals surface area contributed by atoms with E-state index in [0.717, 1.165) is 6.92 Å². The van der Waals surface area contributed by atoms with Crippen LogP contribution >= 0.6 is 0 Å². The minimum Gasteiger partial charge on any atom is -0.480 e. The Morgan fingerprint density at radius 2 is 1.68 bits per heavy atom. The molecular formula is C11H10F5NO2. The van der Waals surface area contributed by atoms with Gasteiger partial charge in [0.2, 0.25) is 0 Å². The van der Waals surface area contributed by atoms with Gasteiger partial charge in [-0.25, -0.2) is 13.6 Å². The Labute approximate surface area is 105 Å². The number of nitrogens with one attached hydrogen (secondary N) is 1. The highest BCUT2D eigenvalue weighted by molar-refractivity contribution is 5.80. The van der Waals surface area contributed by atoms with E-state index in [4.69, 9.17) is 5.11 Å². The molecule has 0 aliphatic rings. The first-order chi connectivity index (χ1) is 8.54. The lowest BCUT2D eigenvalue weighted by molar-refractivity contribution is -0.150. The maximum Gasteiger partial charge on any atom is 0.401 e. The smallest absolute Gasteiger partial charge is 0.401 e. The number of carboxylic acids is 1. The molecule has 1 atom stereocenters. The summed E-state index contributed by atoms with van der Waals surface area (Å²) in [6.45, 7) is -0.705. The lowest BCUT2D eigenvalue weighted by atomic mass is 9.91. The molecule has 0 aromatic heterocycles. The van der Waals surface area contributed by atoms with E-state index >= 15 is 0 Å². The quantitative estimate of drug-likeness (QED) is 0.834. The normalized spacial score (nSPS) is 15.1. The zero-order valence-corrected chi connectivity index (χ0v) is 9.68. The van der Waals surface area contributed by atoms with Gasteiger partial charge < -0.3 is 5.11 Å². The number of alkyl halides is 3. The first-order valence-electron chi connectivity index (χ1n) is 5.06. The second kappa shape index (κ2) is 5.12. The van der Waals surface area contributed by atoms with E-state index in [0.29, 0.717) is 18.2 Å². The molecule has 2 N–H and O–H groups in total. The van der Waals surface area contributed by atoms with Gasteiger partial charge in [-0.3, -0.25) is 5.32 Å². The summed E-state index contributed by atoms with van der Waals surface area (Å²) in [7, 11) is 0. The van der Waals surface area contributed by atoms with E-state index in [1.165, 1.54) is 0 Å². The monoisotopic (exact) mass is 283 g/mol. The van der Waals surface area contributed by atoms with Crippen molar-refractivity contribution in [2.24, 2.45) is 0 Å². The molecule has 0 saturated heterocycles. The number of carboxylic acid groups (broad SMARTS) is 1. The molecule has 106 valence electrons. The van der Waals surface area contributed by atoms with Gasteiger partial charge in [0.15, 0.2) is 0 Å². The van der Waals surface area contributed by atoms with Crippen molar-refractivity contribution < 1.29 is 31.9 Å². The SMILES string of the molecule is CC(NCC(F)(F)F)(C(=O)O)c1cc(F)cc(F)c1. The summed E-state index contributed by atoms with van der Waals surface area (Å²) in [6.07, 6.45) is -4.65. The van der Waals surface area contributed by atoms with Crippen molar-refractivity contribution in [1.29, 1.82) is 0 Å². The average Bonchev–Trinajstić information content (AvgIpc) is 2.23. The van der Waals surface area contributed by atoms with Crippen LogP contribution in [0.5, 0.6) is 0 Å². The molecule has 1 aromatic carbocycles. The van der Waals surface area contributed by atoms with Crippen molar-refractivity contribution in [3.8, 4) is 0 Å². The summed E-state index contributed by atoms with van der Waals surface area (Å²) in [5.41, 5.74) is -2.69. The van der Waals surface area contributed by atoms with E-state index in [1.54, 1.807) is 5.32 Å². The number of benzene rings is 1. The molecule has 0 heterocycles. The van der Waals surface area contributed by atoms with Crippen LogP contribution in [-0.4, -0.2) is 23.8 Å². The first-order valence-corrected chi connectivity index (χ1v) is 5.06. The van der Waals surface area contributed by atoms with E-state index in [9.17, 15) is 26.7 Å². The van der Waals surface area contributed by atoms with E-state index in [1.807, 2.05) is 0 Å². The van der Waals surface area contributed by atoms with Gasteiger partial charge >= 0.3 is 12.1 Å². The van der Waals surface area contributed by atoms with Gasteiger partial charge in [-0.15, -0.1) is 0 Å². The molecule has 3 nitrogen and oxygen atoms in total. The van der Waals surface area contributed by atoms with Crippen LogP contribution in [-0.2, 0) is 10.3 Å². The van der Waals surface area contributed by atoms with Crippen molar-refractivity contribution >= 4 is 5.97 Å². The maximum atomic E-state index is 13.0. The van der Waals surface area contributed by atoms with Crippen molar-refractivity contribution in [3.63, 3.8) is 0 Å². The van der Waals surface area contributed by atoms with Crippen LogP contribution in [0, 0.1) is 11.6 Å². The Hall–Kier alpha value is -1.70. The molecule has 0 saturated carbocycles. The van der Waals surface area contributed by atoms with Crippen LogP contribution in [0.15, 0.2) is 18.2 Å². The summed E-state index contributed by atoms with van der Waals surface area (Å²) >= 11 is 0. The third-order valence-electron chi connectivity index (χ3n) is 2.51. The second-order valence-corrected chi connectivity index (χ2v) is 4.06. The van der Waals surface area contributed by atoms with E-state index in [-0.39, 0.29) is 0 Å². The lowest BCUT2D eigenvalue weighted by Crippen LogP contribution is -2.50. The summed E-state index contributed by atoms with van der Waals surface area (Å²) in [6, 6.07) is 1.83.